The molecule has 0 saturated heterocycles. The summed E-state index contributed by atoms with van der Waals surface area (Å²) in [5.74, 6) is 0.271. The van der Waals surface area contributed by atoms with Crippen molar-refractivity contribution in [1.82, 2.24) is 4.98 Å². The molecule has 2 N–H and O–H groups in total. The smallest absolute Gasteiger partial charge is 0.354 e. The summed E-state index contributed by atoms with van der Waals surface area (Å²) in [6.07, 6.45) is 1.69. The number of phenols is 1. The highest BCUT2D eigenvalue weighted by molar-refractivity contribution is 6.35. The molecule has 7 nitrogen and oxygen atoms in total. The Bertz CT molecular complexity index is 742. The van der Waals surface area contributed by atoms with Gasteiger partial charge >= 0.3 is 5.97 Å². The third-order valence-electron chi connectivity index (χ3n) is 2.99. The molecule has 0 aliphatic carbocycles. The van der Waals surface area contributed by atoms with Gasteiger partial charge < -0.3 is 14.6 Å². The van der Waals surface area contributed by atoms with Gasteiger partial charge in [0.2, 0.25) is 5.88 Å². The average molecular weight is 329 g/mol. The van der Waals surface area contributed by atoms with E-state index in [1.54, 1.807) is 31.3 Å². The molecule has 0 amide bonds. The van der Waals surface area contributed by atoms with Gasteiger partial charge in [0.25, 0.3) is 0 Å². The number of esters is 1. The highest BCUT2D eigenvalue weighted by Crippen LogP contribution is 2.30. The van der Waals surface area contributed by atoms with Crippen molar-refractivity contribution in [1.29, 1.82) is 0 Å². The number of nitrogens with one attached hydrogen (secondary N) is 1. The van der Waals surface area contributed by atoms with Crippen molar-refractivity contribution in [2.75, 3.05) is 12.0 Å². The summed E-state index contributed by atoms with van der Waals surface area (Å²) in [6, 6.07) is 8.29. The molecular weight excluding hydrogens is 310 g/mol. The van der Waals surface area contributed by atoms with Crippen molar-refractivity contribution in [2.45, 2.75) is 20.8 Å². The molecule has 24 heavy (non-hydrogen) atoms. The van der Waals surface area contributed by atoms with Crippen LogP contribution < -0.4 is 10.2 Å². The van der Waals surface area contributed by atoms with Gasteiger partial charge in [-0.3, -0.25) is 5.43 Å². The molecule has 0 saturated carbocycles. The number of aromatic nitrogens is 1. The molecule has 0 spiro atoms. The number of carbonyl (C=O) groups is 1. The number of anilines is 1. The Balaban J connectivity index is 2.05. The van der Waals surface area contributed by atoms with E-state index in [4.69, 9.17) is 9.47 Å². The first-order valence-corrected chi connectivity index (χ1v) is 7.40. The zero-order valence-electron chi connectivity index (χ0n) is 13.7. The summed E-state index contributed by atoms with van der Waals surface area (Å²) in [5.41, 5.74) is 4.13. The van der Waals surface area contributed by atoms with Crippen molar-refractivity contribution >= 4 is 17.4 Å². The lowest BCUT2D eigenvalue weighted by molar-refractivity contribution is -0.135. The Morgan fingerprint density at radius 1 is 1.33 bits per heavy atom. The number of phenolic OH excluding ortho intramolecular Hbond substituents is 1. The summed E-state index contributed by atoms with van der Waals surface area (Å²) in [7, 11) is 0. The minimum absolute atomic E-state index is 0.0694. The van der Waals surface area contributed by atoms with Crippen molar-refractivity contribution in [2.24, 2.45) is 5.10 Å². The Kier molecular flexibility index (Phi) is 5.73. The van der Waals surface area contributed by atoms with E-state index in [-0.39, 0.29) is 18.1 Å². The van der Waals surface area contributed by atoms with E-state index in [0.717, 1.165) is 5.56 Å². The van der Waals surface area contributed by atoms with Crippen LogP contribution in [0.25, 0.3) is 0 Å². The third kappa shape index (κ3) is 4.70. The number of aromatic hydroxyl groups is 1. The lowest BCUT2D eigenvalue weighted by Gasteiger charge is -2.08. The fraction of sp³-hybridized carbons (Fsp3) is 0.235. The van der Waals surface area contributed by atoms with Crippen LogP contribution in [-0.2, 0) is 9.53 Å². The van der Waals surface area contributed by atoms with Gasteiger partial charge in [-0.15, -0.1) is 0 Å². The normalized spacial score (nSPS) is 11.0. The van der Waals surface area contributed by atoms with Gasteiger partial charge in [0, 0.05) is 18.3 Å². The number of benzene rings is 1. The maximum atomic E-state index is 11.4. The monoisotopic (exact) mass is 329 g/mol. The lowest BCUT2D eigenvalue weighted by Crippen LogP contribution is -2.15. The molecule has 0 radical (unpaired) electrons. The molecule has 2 aromatic rings. The van der Waals surface area contributed by atoms with Gasteiger partial charge in [-0.25, -0.2) is 9.78 Å². The van der Waals surface area contributed by atoms with E-state index in [1.807, 2.05) is 13.0 Å². The quantitative estimate of drug-likeness (QED) is 0.366. The molecule has 0 aliphatic heterocycles. The van der Waals surface area contributed by atoms with Gasteiger partial charge in [-0.05, 0) is 38.5 Å². The fourth-order valence-electron chi connectivity index (χ4n) is 1.73. The Labute approximate surface area is 139 Å². The van der Waals surface area contributed by atoms with Crippen LogP contribution in [0.5, 0.6) is 17.4 Å². The number of rotatable bonds is 6. The van der Waals surface area contributed by atoms with Crippen molar-refractivity contribution < 1.29 is 19.4 Å². The van der Waals surface area contributed by atoms with Crippen molar-refractivity contribution in [3.05, 3.63) is 42.1 Å². The van der Waals surface area contributed by atoms with E-state index >= 15 is 0 Å². The summed E-state index contributed by atoms with van der Waals surface area (Å²) in [4.78, 5) is 15.6. The Hall–Kier alpha value is -3.09. The number of ether oxygens (including phenoxy) is 2. The summed E-state index contributed by atoms with van der Waals surface area (Å²) >= 11 is 0. The number of hydrogen-bond acceptors (Lipinski definition) is 7. The van der Waals surface area contributed by atoms with Crippen molar-refractivity contribution in [3.8, 4) is 17.4 Å². The van der Waals surface area contributed by atoms with E-state index in [1.165, 1.54) is 13.0 Å². The highest BCUT2D eigenvalue weighted by atomic mass is 16.5. The minimum Gasteiger partial charge on any atom is -0.506 e. The van der Waals surface area contributed by atoms with Gasteiger partial charge in [-0.1, -0.05) is 6.07 Å². The number of carbonyl (C=O) groups excluding carboxylic acids is 1. The summed E-state index contributed by atoms with van der Waals surface area (Å²) in [6.45, 7) is 5.44. The van der Waals surface area contributed by atoms with Crippen LogP contribution in [-0.4, -0.2) is 28.4 Å². The summed E-state index contributed by atoms with van der Waals surface area (Å²) in [5, 5.41) is 13.9. The van der Waals surface area contributed by atoms with Crippen LogP contribution in [0.1, 0.15) is 19.4 Å². The largest absolute Gasteiger partial charge is 0.506 e. The van der Waals surface area contributed by atoms with Crippen molar-refractivity contribution in [3.63, 3.8) is 0 Å². The Morgan fingerprint density at radius 3 is 2.75 bits per heavy atom. The molecule has 1 heterocycles. The van der Waals surface area contributed by atoms with Crippen LogP contribution in [0.3, 0.4) is 0 Å². The van der Waals surface area contributed by atoms with E-state index in [2.05, 4.69) is 15.5 Å². The first-order chi connectivity index (χ1) is 11.5. The molecular formula is C17H19N3O4. The fourth-order valence-corrected chi connectivity index (χ4v) is 1.73. The molecule has 126 valence electrons. The SMILES string of the molecule is CCOC(=O)/C(C)=N/Nc1ccc(Oc2ccc(C)cn2)cc1O. The van der Waals surface area contributed by atoms with Crippen LogP contribution >= 0.6 is 0 Å². The zero-order chi connectivity index (χ0) is 17.5. The van der Waals surface area contributed by atoms with Crippen LogP contribution in [0.2, 0.25) is 0 Å². The molecule has 2 rings (SSSR count). The van der Waals surface area contributed by atoms with E-state index in [9.17, 15) is 9.90 Å². The number of hydrazone groups is 1. The summed E-state index contributed by atoms with van der Waals surface area (Å²) < 4.78 is 10.4. The van der Waals surface area contributed by atoms with E-state index < -0.39 is 5.97 Å². The number of aryl methyl sites for hydroxylation is 1. The molecule has 1 aromatic carbocycles. The highest BCUT2D eigenvalue weighted by Gasteiger charge is 2.08. The standard InChI is InChI=1S/C17H19N3O4/c1-4-23-17(22)12(3)19-20-14-7-6-13(9-15(14)21)24-16-8-5-11(2)10-18-16/h5-10,20-21H,4H2,1-3H3/b19-12+. The first kappa shape index (κ1) is 17.3. The molecule has 0 atom stereocenters. The molecule has 1 aromatic heterocycles. The predicted octanol–water partition coefficient (Wildman–Crippen LogP) is 3.24. The second-order valence-electron chi connectivity index (χ2n) is 4.98. The number of pyridine rings is 1. The maximum absolute atomic E-state index is 11.4. The second kappa shape index (κ2) is 7.96. The predicted molar refractivity (Wildman–Crippen MR) is 90.5 cm³/mol. The molecule has 0 aliphatic rings. The third-order valence-corrected chi connectivity index (χ3v) is 2.99. The zero-order valence-corrected chi connectivity index (χ0v) is 13.7. The lowest BCUT2D eigenvalue weighted by atomic mass is 10.3. The van der Waals surface area contributed by atoms with Gasteiger partial charge in [0.05, 0.1) is 12.3 Å². The van der Waals surface area contributed by atoms with Crippen LogP contribution in [0.15, 0.2) is 41.6 Å². The molecule has 0 fully saturated rings. The number of nitrogens with zero attached hydrogens (tertiary/aromatic N) is 2. The molecule has 0 bridgehead atoms. The molecule has 7 heteroatoms. The second-order valence-corrected chi connectivity index (χ2v) is 4.98. The van der Waals surface area contributed by atoms with Gasteiger partial charge in [0.15, 0.2) is 0 Å². The van der Waals surface area contributed by atoms with E-state index in [0.29, 0.717) is 17.3 Å². The topological polar surface area (TPSA) is 93.0 Å². The number of hydrogen-bond donors (Lipinski definition) is 2. The van der Waals surface area contributed by atoms with Crippen LogP contribution in [0.4, 0.5) is 5.69 Å². The average Bonchev–Trinajstić information content (AvgIpc) is 2.56. The first-order valence-electron chi connectivity index (χ1n) is 7.40. The minimum atomic E-state index is -0.519. The maximum Gasteiger partial charge on any atom is 0.354 e. The Morgan fingerprint density at radius 2 is 2.12 bits per heavy atom. The van der Waals surface area contributed by atoms with Gasteiger partial charge in [0.1, 0.15) is 17.2 Å². The van der Waals surface area contributed by atoms with Crippen LogP contribution in [0, 0.1) is 6.92 Å². The molecule has 0 unspecified atom stereocenters. The van der Waals surface area contributed by atoms with Gasteiger partial charge in [-0.2, -0.15) is 5.10 Å².